The third-order valence-corrected chi connectivity index (χ3v) is 16.5. The van der Waals surface area contributed by atoms with Crippen LogP contribution in [0.15, 0.2) is 179 Å². The first-order valence-corrected chi connectivity index (χ1v) is 33.8. The Hall–Kier alpha value is -12.6. The molecule has 0 aliphatic carbocycles. The molecule has 9 aromatic heterocycles. The molecule has 14 rings (SSSR count). The molecule has 37 nitrogen and oxygen atoms in total. The van der Waals surface area contributed by atoms with Crippen LogP contribution in [0, 0.1) is 0 Å². The van der Waals surface area contributed by atoms with Gasteiger partial charge in [-0.3, -0.25) is 61.7 Å². The molecule has 4 amide bonds. The van der Waals surface area contributed by atoms with Crippen LogP contribution in [0.4, 0.5) is 17.1 Å². The number of rotatable bonds is 16. The van der Waals surface area contributed by atoms with Crippen LogP contribution < -0.4 is 92.2 Å². The molecule has 112 heavy (non-hydrogen) atoms. The molecule has 1 fully saturated rings. The van der Waals surface area contributed by atoms with Crippen molar-refractivity contribution >= 4 is 52.6 Å². The predicted octanol–water partition coefficient (Wildman–Crippen LogP) is -3.11. The number of carboxylic acid groups (broad SMARTS) is 1. The van der Waals surface area contributed by atoms with E-state index in [-0.39, 0.29) is 121 Å². The number of esters is 1. The van der Waals surface area contributed by atoms with Crippen molar-refractivity contribution in [2.75, 3.05) is 49.3 Å². The third-order valence-electron chi connectivity index (χ3n) is 16.5. The molecule has 9 N–H and O–H groups in total. The fourth-order valence-electron chi connectivity index (χ4n) is 11.2. The van der Waals surface area contributed by atoms with Crippen LogP contribution in [0.5, 0.6) is 0 Å². The van der Waals surface area contributed by atoms with E-state index in [2.05, 4.69) is 74.1 Å². The van der Waals surface area contributed by atoms with Gasteiger partial charge in [0.15, 0.2) is 11.4 Å². The number of ether oxygens (including phenoxy) is 2. The minimum atomic E-state index is -1.50. The van der Waals surface area contributed by atoms with E-state index in [1.807, 2.05) is 12.3 Å². The molecule has 0 spiro atoms. The number of carbonyl (C=O) groups excluding carboxylic acids is 6. The predicted molar refractivity (Wildman–Crippen MR) is 399 cm³/mol. The zero-order valence-corrected chi connectivity index (χ0v) is 61.7. The maximum Gasteiger partial charge on any atom is 1.00 e. The Labute approximate surface area is 663 Å². The fraction of sp³-hybridized carbons (Fsp3) is 0.260. The number of nitrogens with one attached hydrogen (secondary N) is 4. The van der Waals surface area contributed by atoms with E-state index in [9.17, 15) is 48.3 Å². The molecule has 0 radical (unpaired) electrons. The molecule has 6 bridgehead atoms. The van der Waals surface area contributed by atoms with E-state index in [4.69, 9.17) is 20.9 Å². The molecule has 1 unspecified atom stereocenters. The standard InChI is InChI=1S/C23H24N8O4.C22H22N8O4.C22H20N8O3.C5H10O.CH4.2Li.H2O/c1-29-14-19(21(28-29)23(34)35-2)26-22(33)16-5-3-4-15(10-16)12-31-20(32)7-6-18(27-31)17-11-25-30(13-17)9-8-24;1-28-13-18(20(27-28)22(33)34)25-21(32)15-4-2-3-14(9-15)11-30-19(31)6-5-17(26-30)16-10-24-29(12-16)8-7-23;1-28-13-18-20(27-28)22(33)23-7-8-29-12-16(10-24-29)17-5-6-19(31)30(26-17)11-14-3-2-4-15(9-14)21(32)25-18;1-5-3-2-4-6-5;;;;/h3-7,10-11,13-14H,8-9,12,24H2,1-2H3,(H,26,33);2-6,9-10,12-13H,7-8,11,23H2,1H3,(H,25,32)(H,33,34);2-6,9-10,12-13H,7-8,11H2,1H3,(H,23,33)(H,25,32);5H,2-4H2,1H3;1H4;;;1H2/q;;;;;2*+1;/p-2. The number of aromatic nitrogens is 18. The van der Waals surface area contributed by atoms with Crippen molar-refractivity contribution in [1.29, 1.82) is 0 Å². The number of carboxylic acids is 1. The number of aryl methyl sites for hydroxylation is 3. The number of amides is 4. The maximum absolute atomic E-state index is 12.9. The monoisotopic (exact) mass is 1510 g/mol. The molecule has 39 heteroatoms. The van der Waals surface area contributed by atoms with Gasteiger partial charge in [-0.25, -0.2) is 18.8 Å². The molecule has 2 aliphatic heterocycles. The summed E-state index contributed by atoms with van der Waals surface area (Å²) >= 11 is 0. The summed E-state index contributed by atoms with van der Waals surface area (Å²) in [6, 6.07) is 29.5. The third kappa shape index (κ3) is 22.5. The van der Waals surface area contributed by atoms with Crippen molar-refractivity contribution in [3.05, 3.63) is 246 Å². The summed E-state index contributed by atoms with van der Waals surface area (Å²) in [4.78, 5) is 112. The summed E-state index contributed by atoms with van der Waals surface area (Å²) in [7, 11) is 6.07. The maximum atomic E-state index is 12.9. The summed E-state index contributed by atoms with van der Waals surface area (Å²) in [5.41, 5.74) is 17.7. The Bertz CT molecular complexity index is 5470. The molecule has 572 valence electrons. The minimum absolute atomic E-state index is 0. The van der Waals surface area contributed by atoms with Crippen LogP contribution >= 0.6 is 0 Å². The Morgan fingerprint density at radius 2 is 1.12 bits per heavy atom. The van der Waals surface area contributed by atoms with Gasteiger partial charge in [-0.15, -0.1) is 0 Å². The molecule has 12 aromatic rings. The molecular weight excluding hydrogens is 1430 g/mol. The van der Waals surface area contributed by atoms with Crippen LogP contribution in [-0.4, -0.2) is 169 Å². The second kappa shape index (κ2) is 40.2. The second-order valence-electron chi connectivity index (χ2n) is 24.7. The molecule has 1 saturated heterocycles. The van der Waals surface area contributed by atoms with E-state index in [0.29, 0.717) is 90.4 Å². The van der Waals surface area contributed by atoms with Gasteiger partial charge in [-0.2, -0.15) is 45.9 Å². The minimum Gasteiger partial charge on any atom is -0.870 e. The molecule has 0 saturated carbocycles. The van der Waals surface area contributed by atoms with Crippen molar-refractivity contribution in [3.8, 4) is 33.8 Å². The Balaban J connectivity index is 0.000000220. The quantitative estimate of drug-likeness (QED) is 0.0412. The number of nitrogens with zero attached hydrogens (tertiary/aromatic N) is 18. The van der Waals surface area contributed by atoms with Crippen LogP contribution in [-0.2, 0) is 69.9 Å². The number of hydrogen-bond acceptors (Lipinski definition) is 24. The number of anilines is 3. The van der Waals surface area contributed by atoms with Crippen molar-refractivity contribution in [3.63, 3.8) is 0 Å². The first-order chi connectivity index (χ1) is 52.1. The van der Waals surface area contributed by atoms with Gasteiger partial charge < -0.3 is 57.6 Å². The fourth-order valence-corrected chi connectivity index (χ4v) is 11.2. The number of methoxy groups -OCH3 is 1. The van der Waals surface area contributed by atoms with E-state index in [1.165, 1.54) is 85.7 Å². The Morgan fingerprint density at radius 3 is 1.64 bits per heavy atom. The van der Waals surface area contributed by atoms with Crippen LogP contribution in [0.3, 0.4) is 0 Å². The Kier molecular flexibility index (Phi) is 31.1. The number of carbonyl (C=O) groups is 6. The number of nitrogens with two attached hydrogens (primary N) is 2. The average Bonchev–Trinajstić information content (AvgIpc) is 1.51. The molecule has 2 aliphatic rings. The van der Waals surface area contributed by atoms with Gasteiger partial charge >= 0.3 is 43.7 Å². The molecule has 11 heterocycles. The van der Waals surface area contributed by atoms with Crippen molar-refractivity contribution in [2.45, 2.75) is 72.6 Å². The van der Waals surface area contributed by atoms with Gasteiger partial charge in [0, 0.05) is 136 Å². The number of fused-ring (bicyclic) bond motifs is 8. The van der Waals surface area contributed by atoms with Gasteiger partial charge in [0.05, 0.1) is 111 Å². The average molecular weight is 1520 g/mol. The summed E-state index contributed by atoms with van der Waals surface area (Å²) in [5, 5.41) is 60.1. The first kappa shape index (κ1) is 86.7. The molecule has 3 aromatic carbocycles. The van der Waals surface area contributed by atoms with E-state index in [0.717, 1.165) is 28.9 Å². The topological polar surface area (TPSA) is 486 Å². The van der Waals surface area contributed by atoms with Crippen LogP contribution in [0.25, 0.3) is 33.8 Å². The first-order valence-electron chi connectivity index (χ1n) is 33.8. The van der Waals surface area contributed by atoms with E-state index >= 15 is 0 Å². The van der Waals surface area contributed by atoms with E-state index in [1.54, 1.807) is 150 Å². The van der Waals surface area contributed by atoms with Crippen molar-refractivity contribution in [2.24, 2.45) is 32.6 Å². The van der Waals surface area contributed by atoms with Gasteiger partial charge in [0.1, 0.15) is 5.69 Å². The number of hydrogen-bond donors (Lipinski definition) is 6. The SMILES string of the molecule is C.CC1CCCO1.COC(=O)c1nn(C)cc1NC(=O)c1cccc(Cn2nc(-c3cnn(CCN)c3)ccc2=O)c1.Cn1cc(NC(=O)c2cccc(Cn3nc(-c4cnn(CCN)c4)ccc3=O)c2)c(C(=O)[O-])n1.Cn1cc2c(n1)C(=O)NCCn1cc(cn1)-c1ccc(=O)n(n1)Cc1cccc(c1)C(=O)N2.[Li+].[Li+].[OH-]. The zero-order chi connectivity index (χ0) is 76.5. The summed E-state index contributed by atoms with van der Waals surface area (Å²) < 4.78 is 23.1. The number of benzene rings is 3. The van der Waals surface area contributed by atoms with Crippen molar-refractivity contribution < 1.29 is 86.5 Å². The van der Waals surface area contributed by atoms with Crippen LogP contribution in [0.1, 0.15) is 106 Å². The van der Waals surface area contributed by atoms with Gasteiger partial charge in [0.25, 0.3) is 40.3 Å². The number of aromatic carboxylic acids is 1. The van der Waals surface area contributed by atoms with E-state index < -0.39 is 35.6 Å². The smallest absolute Gasteiger partial charge is 0.870 e. The van der Waals surface area contributed by atoms with Crippen LogP contribution in [0.2, 0.25) is 0 Å². The molecule has 1 atom stereocenters. The summed E-state index contributed by atoms with van der Waals surface area (Å²) in [5.74, 6) is -3.92. The Morgan fingerprint density at radius 1 is 0.598 bits per heavy atom. The van der Waals surface area contributed by atoms with Gasteiger partial charge in [-0.1, -0.05) is 43.8 Å². The second-order valence-corrected chi connectivity index (χ2v) is 24.7. The summed E-state index contributed by atoms with van der Waals surface area (Å²) in [6.45, 7) is 6.37. The van der Waals surface area contributed by atoms with Gasteiger partial charge in [0.2, 0.25) is 0 Å². The van der Waals surface area contributed by atoms with Gasteiger partial charge in [-0.05, 0) is 91.1 Å². The largest absolute Gasteiger partial charge is 1.00 e. The van der Waals surface area contributed by atoms with Crippen molar-refractivity contribution in [1.82, 2.24) is 93.3 Å². The zero-order valence-electron chi connectivity index (χ0n) is 61.7. The molecular formula is C73H80Li2N24O13. The summed E-state index contributed by atoms with van der Waals surface area (Å²) in [6.07, 6.45) is 17.9. The normalized spacial score (nSPS) is 12.7.